The second-order valence-corrected chi connectivity index (χ2v) is 6.09. The Kier molecular flexibility index (Phi) is 2.79. The van der Waals surface area contributed by atoms with E-state index >= 15 is 0 Å². The minimum absolute atomic E-state index is 0.178. The third-order valence-electron chi connectivity index (χ3n) is 2.91. The van der Waals surface area contributed by atoms with Crippen LogP contribution in [0.2, 0.25) is 0 Å². The van der Waals surface area contributed by atoms with Crippen molar-refractivity contribution in [3.63, 3.8) is 0 Å². The molecule has 0 aromatic rings. The standard InChI is InChI=1S/C8H16N2O3S/c9-3-7-4-13-2-1-10(7)8-5-14(11,12)6-8/h7-8H,1-6,9H2. The summed E-state index contributed by atoms with van der Waals surface area (Å²) in [5.41, 5.74) is 5.61. The lowest BCUT2D eigenvalue weighted by atomic mass is 10.1. The Morgan fingerprint density at radius 1 is 1.43 bits per heavy atom. The Hall–Kier alpha value is -0.170. The average Bonchev–Trinajstić information content (AvgIpc) is 2.14. The number of hydrogen-bond acceptors (Lipinski definition) is 5. The predicted molar refractivity (Wildman–Crippen MR) is 52.8 cm³/mol. The zero-order valence-corrected chi connectivity index (χ0v) is 8.87. The summed E-state index contributed by atoms with van der Waals surface area (Å²) in [7, 11) is -2.73. The van der Waals surface area contributed by atoms with Gasteiger partial charge in [-0.1, -0.05) is 0 Å². The number of hydrogen-bond donors (Lipinski definition) is 1. The fraction of sp³-hybridized carbons (Fsp3) is 1.00. The van der Waals surface area contributed by atoms with E-state index in [1.54, 1.807) is 0 Å². The predicted octanol–water partition coefficient (Wildman–Crippen LogP) is -1.56. The van der Waals surface area contributed by atoms with Crippen LogP contribution in [0.4, 0.5) is 0 Å². The first-order chi connectivity index (χ1) is 6.62. The molecule has 0 aromatic heterocycles. The van der Waals surface area contributed by atoms with Gasteiger partial charge in [-0.05, 0) is 0 Å². The van der Waals surface area contributed by atoms with Crippen LogP contribution in [0.25, 0.3) is 0 Å². The maximum Gasteiger partial charge on any atom is 0.153 e. The van der Waals surface area contributed by atoms with Gasteiger partial charge in [0.1, 0.15) is 0 Å². The van der Waals surface area contributed by atoms with Crippen molar-refractivity contribution in [3.8, 4) is 0 Å². The van der Waals surface area contributed by atoms with Gasteiger partial charge < -0.3 is 10.5 Å². The van der Waals surface area contributed by atoms with Crippen molar-refractivity contribution in [2.75, 3.05) is 37.8 Å². The summed E-state index contributed by atoms with van der Waals surface area (Å²) in [6, 6.07) is 0.377. The van der Waals surface area contributed by atoms with Crippen LogP contribution in [0.15, 0.2) is 0 Å². The van der Waals surface area contributed by atoms with Gasteiger partial charge in [0.15, 0.2) is 9.84 Å². The van der Waals surface area contributed by atoms with Crippen LogP contribution < -0.4 is 5.73 Å². The molecular formula is C8H16N2O3S. The maximum atomic E-state index is 11.0. The van der Waals surface area contributed by atoms with Gasteiger partial charge in [0, 0.05) is 25.2 Å². The third-order valence-corrected chi connectivity index (χ3v) is 4.69. The van der Waals surface area contributed by atoms with E-state index in [1.807, 2.05) is 0 Å². The summed E-state index contributed by atoms with van der Waals surface area (Å²) in [4.78, 5) is 2.19. The first-order valence-corrected chi connectivity index (χ1v) is 6.68. The van der Waals surface area contributed by atoms with Crippen molar-refractivity contribution in [2.24, 2.45) is 5.73 Å². The van der Waals surface area contributed by atoms with Gasteiger partial charge in [-0.15, -0.1) is 0 Å². The molecule has 2 aliphatic rings. The van der Waals surface area contributed by atoms with Gasteiger partial charge in [0.25, 0.3) is 0 Å². The van der Waals surface area contributed by atoms with Gasteiger partial charge in [0.05, 0.1) is 24.7 Å². The van der Waals surface area contributed by atoms with Crippen LogP contribution in [0.3, 0.4) is 0 Å². The highest BCUT2D eigenvalue weighted by Crippen LogP contribution is 2.21. The van der Waals surface area contributed by atoms with Gasteiger partial charge in [-0.25, -0.2) is 8.42 Å². The third kappa shape index (κ3) is 1.93. The number of rotatable bonds is 2. The minimum Gasteiger partial charge on any atom is -0.378 e. The Morgan fingerprint density at radius 3 is 2.71 bits per heavy atom. The van der Waals surface area contributed by atoms with Gasteiger partial charge in [0.2, 0.25) is 0 Å². The van der Waals surface area contributed by atoms with Crippen molar-refractivity contribution in [1.29, 1.82) is 0 Å². The summed E-state index contributed by atoms with van der Waals surface area (Å²) in [6.07, 6.45) is 0. The highest BCUT2D eigenvalue weighted by Gasteiger charge is 2.40. The quantitative estimate of drug-likeness (QED) is 0.609. The topological polar surface area (TPSA) is 72.6 Å². The van der Waals surface area contributed by atoms with E-state index < -0.39 is 9.84 Å². The lowest BCUT2D eigenvalue weighted by molar-refractivity contribution is -0.0197. The van der Waals surface area contributed by atoms with Crippen molar-refractivity contribution < 1.29 is 13.2 Å². The molecule has 2 N–H and O–H groups in total. The summed E-state index contributed by atoms with van der Waals surface area (Å²) in [5.74, 6) is 0.590. The molecule has 0 amide bonds. The fourth-order valence-electron chi connectivity index (χ4n) is 2.08. The zero-order chi connectivity index (χ0) is 10.2. The Labute approximate surface area is 84.1 Å². The molecule has 2 saturated heterocycles. The molecule has 5 nitrogen and oxygen atoms in total. The second-order valence-electron chi connectivity index (χ2n) is 3.93. The number of sulfone groups is 1. The van der Waals surface area contributed by atoms with Crippen molar-refractivity contribution in [1.82, 2.24) is 4.90 Å². The smallest absolute Gasteiger partial charge is 0.153 e. The molecule has 0 aliphatic carbocycles. The monoisotopic (exact) mass is 220 g/mol. The summed E-state index contributed by atoms with van der Waals surface area (Å²) < 4.78 is 27.4. The molecule has 2 fully saturated rings. The summed E-state index contributed by atoms with van der Waals surface area (Å²) >= 11 is 0. The molecule has 0 radical (unpaired) electrons. The Bertz CT molecular complexity index is 292. The molecule has 1 unspecified atom stereocenters. The molecule has 0 saturated carbocycles. The molecule has 82 valence electrons. The van der Waals surface area contributed by atoms with Crippen LogP contribution in [0, 0.1) is 0 Å². The normalized spacial score (nSPS) is 33.9. The van der Waals surface area contributed by atoms with Crippen LogP contribution >= 0.6 is 0 Å². The number of morpholine rings is 1. The Morgan fingerprint density at radius 2 is 2.14 bits per heavy atom. The molecule has 2 aliphatic heterocycles. The van der Waals surface area contributed by atoms with Gasteiger partial charge in [-0.3, -0.25) is 4.90 Å². The first-order valence-electron chi connectivity index (χ1n) is 4.86. The van der Waals surface area contributed by atoms with Crippen molar-refractivity contribution in [3.05, 3.63) is 0 Å². The maximum absolute atomic E-state index is 11.0. The molecule has 2 rings (SSSR count). The van der Waals surface area contributed by atoms with Crippen LogP contribution in [0.1, 0.15) is 0 Å². The molecular weight excluding hydrogens is 204 g/mol. The van der Waals surface area contributed by atoms with Gasteiger partial charge in [-0.2, -0.15) is 0 Å². The highest BCUT2D eigenvalue weighted by molar-refractivity contribution is 7.92. The lowest BCUT2D eigenvalue weighted by Gasteiger charge is -2.43. The number of nitrogens with zero attached hydrogens (tertiary/aromatic N) is 1. The van der Waals surface area contributed by atoms with E-state index in [9.17, 15) is 8.42 Å². The zero-order valence-electron chi connectivity index (χ0n) is 8.05. The largest absolute Gasteiger partial charge is 0.378 e. The summed E-state index contributed by atoms with van der Waals surface area (Å²) in [6.45, 7) is 2.67. The van der Waals surface area contributed by atoms with E-state index in [4.69, 9.17) is 10.5 Å². The minimum atomic E-state index is -2.73. The van der Waals surface area contributed by atoms with E-state index in [-0.39, 0.29) is 12.1 Å². The molecule has 0 spiro atoms. The number of ether oxygens (including phenoxy) is 1. The van der Waals surface area contributed by atoms with Gasteiger partial charge >= 0.3 is 0 Å². The van der Waals surface area contributed by atoms with E-state index in [0.29, 0.717) is 31.3 Å². The Balaban J connectivity index is 1.96. The van der Waals surface area contributed by atoms with Crippen molar-refractivity contribution >= 4 is 9.84 Å². The first kappa shape index (κ1) is 10.4. The molecule has 2 heterocycles. The van der Waals surface area contributed by atoms with Crippen LogP contribution in [0.5, 0.6) is 0 Å². The fourth-order valence-corrected chi connectivity index (χ4v) is 3.54. The molecule has 0 aromatic carbocycles. The SMILES string of the molecule is NCC1COCCN1C1CS(=O)(=O)C1. The molecule has 14 heavy (non-hydrogen) atoms. The molecule has 1 atom stereocenters. The molecule has 6 heteroatoms. The van der Waals surface area contributed by atoms with Crippen molar-refractivity contribution in [2.45, 2.75) is 12.1 Å². The lowest BCUT2D eigenvalue weighted by Crippen LogP contribution is -2.61. The average molecular weight is 220 g/mol. The van der Waals surface area contributed by atoms with Crippen LogP contribution in [-0.4, -0.2) is 63.2 Å². The summed E-state index contributed by atoms with van der Waals surface area (Å²) in [5, 5.41) is 0. The molecule has 0 bridgehead atoms. The van der Waals surface area contributed by atoms with E-state index in [0.717, 1.165) is 6.54 Å². The van der Waals surface area contributed by atoms with E-state index in [1.165, 1.54) is 0 Å². The van der Waals surface area contributed by atoms with Crippen LogP contribution in [-0.2, 0) is 14.6 Å². The van der Waals surface area contributed by atoms with E-state index in [2.05, 4.69) is 4.90 Å². The second kappa shape index (κ2) is 3.77. The number of nitrogens with two attached hydrogens (primary N) is 1. The highest BCUT2D eigenvalue weighted by atomic mass is 32.2.